The van der Waals surface area contributed by atoms with Crippen molar-refractivity contribution in [1.29, 1.82) is 0 Å². The summed E-state index contributed by atoms with van der Waals surface area (Å²) in [5.74, 6) is 1.57. The summed E-state index contributed by atoms with van der Waals surface area (Å²) < 4.78 is 5.89. The summed E-state index contributed by atoms with van der Waals surface area (Å²) in [6.07, 6.45) is 6.65. The van der Waals surface area contributed by atoms with Crippen molar-refractivity contribution in [2.45, 2.75) is 32.3 Å². The fraction of sp³-hybridized carbons (Fsp3) is 0.259. The maximum atomic E-state index is 12.0. The van der Waals surface area contributed by atoms with Crippen molar-refractivity contribution in [2.75, 3.05) is 18.4 Å². The fourth-order valence-electron chi connectivity index (χ4n) is 4.61. The van der Waals surface area contributed by atoms with Gasteiger partial charge < -0.3 is 19.9 Å². The number of halogens is 1. The van der Waals surface area contributed by atoms with Crippen LogP contribution >= 0.6 is 11.6 Å². The Bertz CT molecular complexity index is 1410. The van der Waals surface area contributed by atoms with Crippen molar-refractivity contribution in [3.05, 3.63) is 83.6 Å². The summed E-state index contributed by atoms with van der Waals surface area (Å²) in [5, 5.41) is 4.84. The number of nitrogens with one attached hydrogen (secondary N) is 2. The molecule has 8 nitrogen and oxygen atoms in total. The number of hydrogen-bond donors (Lipinski definition) is 2. The van der Waals surface area contributed by atoms with Gasteiger partial charge in [-0.3, -0.25) is 9.78 Å². The smallest absolute Gasteiger partial charge is 0.245 e. The molecule has 4 heterocycles. The average molecular weight is 503 g/mol. The van der Waals surface area contributed by atoms with E-state index < -0.39 is 0 Å². The third-order valence-corrected chi connectivity index (χ3v) is 6.73. The standard InChI is InChI=1S/C27H27ClN6O2/c1-3-24(35)34-11-9-18(10-12-34)21-14-29-26-25(21)27(31-16-30-26)33-19-7-8-23(22(28)13-19)36-15-20-6-4-5-17(2)32-20/h3-8,13-14,16,18H,1,9-12,15H2,2H3,(H2,29,30,31,33). The monoisotopic (exact) mass is 502 g/mol. The van der Waals surface area contributed by atoms with Crippen LogP contribution in [-0.4, -0.2) is 43.8 Å². The molecule has 9 heteroatoms. The molecule has 0 radical (unpaired) electrons. The number of carbonyl (C=O) groups is 1. The van der Waals surface area contributed by atoms with Gasteiger partial charge in [0.05, 0.1) is 16.1 Å². The number of rotatable bonds is 7. The molecular formula is C27H27ClN6O2. The summed E-state index contributed by atoms with van der Waals surface area (Å²) >= 11 is 6.53. The summed E-state index contributed by atoms with van der Waals surface area (Å²) in [7, 11) is 0. The molecule has 1 fully saturated rings. The van der Waals surface area contributed by atoms with Gasteiger partial charge in [-0.15, -0.1) is 0 Å². The molecule has 4 aromatic rings. The van der Waals surface area contributed by atoms with Gasteiger partial charge in [0.25, 0.3) is 0 Å². The van der Waals surface area contributed by atoms with Gasteiger partial charge in [-0.2, -0.15) is 0 Å². The molecule has 0 bridgehead atoms. The predicted octanol–water partition coefficient (Wildman–Crippen LogP) is 5.53. The third-order valence-electron chi connectivity index (χ3n) is 6.44. The molecule has 1 aromatic carbocycles. The number of fused-ring (bicyclic) bond motifs is 1. The van der Waals surface area contributed by atoms with Crippen molar-refractivity contribution in [3.8, 4) is 5.75 Å². The number of carbonyl (C=O) groups excluding carboxylic acids is 1. The Morgan fingerprint density at radius 2 is 2.11 bits per heavy atom. The van der Waals surface area contributed by atoms with E-state index in [1.807, 2.05) is 54.4 Å². The molecule has 3 aromatic heterocycles. The van der Waals surface area contributed by atoms with Crippen LogP contribution in [0.25, 0.3) is 11.0 Å². The molecule has 0 atom stereocenters. The van der Waals surface area contributed by atoms with E-state index in [1.165, 1.54) is 12.4 Å². The van der Waals surface area contributed by atoms with Crippen LogP contribution in [0, 0.1) is 6.92 Å². The Hall–Kier alpha value is -3.91. The van der Waals surface area contributed by atoms with Crippen LogP contribution in [-0.2, 0) is 11.4 Å². The minimum absolute atomic E-state index is 0.0162. The van der Waals surface area contributed by atoms with Gasteiger partial charge in [-0.1, -0.05) is 24.2 Å². The number of aromatic nitrogens is 4. The lowest BCUT2D eigenvalue weighted by molar-refractivity contribution is -0.127. The molecule has 0 spiro atoms. The van der Waals surface area contributed by atoms with E-state index in [-0.39, 0.29) is 5.91 Å². The first-order valence-electron chi connectivity index (χ1n) is 11.9. The van der Waals surface area contributed by atoms with E-state index in [0.717, 1.165) is 46.5 Å². The molecule has 5 rings (SSSR count). The van der Waals surface area contributed by atoms with Crippen LogP contribution in [0.4, 0.5) is 11.5 Å². The lowest BCUT2D eigenvalue weighted by Gasteiger charge is -2.31. The largest absolute Gasteiger partial charge is 0.486 e. The maximum Gasteiger partial charge on any atom is 0.245 e. The SMILES string of the molecule is C=CC(=O)N1CCC(c2c[nH]c3ncnc(Nc4ccc(OCc5cccc(C)n5)c(Cl)c4)c23)CC1. The van der Waals surface area contributed by atoms with E-state index in [1.54, 1.807) is 0 Å². The molecule has 1 amide bonds. The zero-order valence-electron chi connectivity index (χ0n) is 20.0. The summed E-state index contributed by atoms with van der Waals surface area (Å²) in [6.45, 7) is 7.29. The van der Waals surface area contributed by atoms with Crippen LogP contribution in [0.15, 0.2) is 61.6 Å². The number of benzene rings is 1. The Balaban J connectivity index is 1.33. The highest BCUT2D eigenvalue weighted by Crippen LogP contribution is 2.37. The molecule has 0 aliphatic carbocycles. The molecule has 36 heavy (non-hydrogen) atoms. The van der Waals surface area contributed by atoms with Gasteiger partial charge in [-0.25, -0.2) is 9.97 Å². The van der Waals surface area contributed by atoms with Crippen LogP contribution < -0.4 is 10.1 Å². The number of pyridine rings is 1. The topological polar surface area (TPSA) is 96.0 Å². The number of piperidine rings is 1. The summed E-state index contributed by atoms with van der Waals surface area (Å²) in [6, 6.07) is 11.4. The number of likely N-dealkylation sites (tertiary alicyclic amines) is 1. The first-order chi connectivity index (χ1) is 17.5. The zero-order chi connectivity index (χ0) is 25.1. The van der Waals surface area contributed by atoms with Crippen molar-refractivity contribution in [1.82, 2.24) is 24.8 Å². The van der Waals surface area contributed by atoms with E-state index >= 15 is 0 Å². The molecule has 0 saturated carbocycles. The van der Waals surface area contributed by atoms with Gasteiger partial charge in [0.1, 0.15) is 30.1 Å². The number of aryl methyl sites for hydroxylation is 1. The van der Waals surface area contributed by atoms with Gasteiger partial charge in [0, 0.05) is 30.7 Å². The Morgan fingerprint density at radius 1 is 1.28 bits per heavy atom. The van der Waals surface area contributed by atoms with Crippen molar-refractivity contribution in [3.63, 3.8) is 0 Å². The number of anilines is 2. The second-order valence-electron chi connectivity index (χ2n) is 8.82. The highest BCUT2D eigenvalue weighted by molar-refractivity contribution is 6.32. The number of ether oxygens (including phenoxy) is 1. The Kier molecular flexibility index (Phi) is 6.86. The van der Waals surface area contributed by atoms with Crippen molar-refractivity contribution >= 4 is 40.0 Å². The van der Waals surface area contributed by atoms with Crippen LogP contribution in [0.3, 0.4) is 0 Å². The van der Waals surface area contributed by atoms with E-state index in [2.05, 4.69) is 31.8 Å². The maximum absolute atomic E-state index is 12.0. The molecule has 1 aliphatic rings. The van der Waals surface area contributed by atoms with Crippen LogP contribution in [0.2, 0.25) is 5.02 Å². The molecule has 2 N–H and O–H groups in total. The highest BCUT2D eigenvalue weighted by atomic mass is 35.5. The lowest BCUT2D eigenvalue weighted by atomic mass is 9.89. The molecule has 1 aliphatic heterocycles. The van der Waals surface area contributed by atoms with E-state index in [0.29, 0.717) is 42.2 Å². The minimum atomic E-state index is -0.0162. The molecular weight excluding hydrogens is 476 g/mol. The van der Waals surface area contributed by atoms with Gasteiger partial charge >= 0.3 is 0 Å². The predicted molar refractivity (Wildman–Crippen MR) is 141 cm³/mol. The average Bonchev–Trinajstić information content (AvgIpc) is 3.33. The third kappa shape index (κ3) is 5.04. The normalized spacial score (nSPS) is 14.1. The lowest BCUT2D eigenvalue weighted by Crippen LogP contribution is -2.36. The number of nitrogens with zero attached hydrogens (tertiary/aromatic N) is 4. The number of H-pyrrole nitrogens is 1. The van der Waals surface area contributed by atoms with Gasteiger partial charge in [0.2, 0.25) is 5.91 Å². The Morgan fingerprint density at radius 3 is 2.86 bits per heavy atom. The highest BCUT2D eigenvalue weighted by Gasteiger charge is 2.26. The number of hydrogen-bond acceptors (Lipinski definition) is 6. The van der Waals surface area contributed by atoms with Crippen LogP contribution in [0.1, 0.15) is 35.7 Å². The second-order valence-corrected chi connectivity index (χ2v) is 9.23. The Labute approximate surface area is 214 Å². The minimum Gasteiger partial charge on any atom is -0.486 e. The molecule has 0 unspecified atom stereocenters. The zero-order valence-corrected chi connectivity index (χ0v) is 20.8. The first kappa shape index (κ1) is 23.8. The van der Waals surface area contributed by atoms with E-state index in [9.17, 15) is 4.79 Å². The van der Waals surface area contributed by atoms with Crippen LogP contribution in [0.5, 0.6) is 5.75 Å². The molecule has 184 valence electrons. The molecule has 1 saturated heterocycles. The van der Waals surface area contributed by atoms with Crippen molar-refractivity contribution < 1.29 is 9.53 Å². The van der Waals surface area contributed by atoms with Gasteiger partial charge in [-0.05, 0) is 67.7 Å². The van der Waals surface area contributed by atoms with E-state index in [4.69, 9.17) is 16.3 Å². The fourth-order valence-corrected chi connectivity index (χ4v) is 4.84. The summed E-state index contributed by atoms with van der Waals surface area (Å²) in [5.41, 5.74) is 4.49. The number of aromatic amines is 1. The number of amides is 1. The van der Waals surface area contributed by atoms with Crippen molar-refractivity contribution in [2.24, 2.45) is 0 Å². The second kappa shape index (κ2) is 10.4. The quantitative estimate of drug-likeness (QED) is 0.322. The van der Waals surface area contributed by atoms with Gasteiger partial charge in [0.15, 0.2) is 0 Å². The first-order valence-corrected chi connectivity index (χ1v) is 12.2. The summed E-state index contributed by atoms with van der Waals surface area (Å²) in [4.78, 5) is 30.5.